The number of anilines is 1. The molecule has 0 spiro atoms. The second kappa shape index (κ2) is 9.06. The van der Waals surface area contributed by atoms with Crippen LogP contribution in [0.25, 0.3) is 0 Å². The van der Waals surface area contributed by atoms with Crippen LogP contribution in [0.1, 0.15) is 13.3 Å². The van der Waals surface area contributed by atoms with E-state index < -0.39 is 6.04 Å². The van der Waals surface area contributed by atoms with Gasteiger partial charge in [0.05, 0.1) is 6.04 Å². The zero-order valence-electron chi connectivity index (χ0n) is 11.7. The van der Waals surface area contributed by atoms with Gasteiger partial charge in [-0.3, -0.25) is 4.79 Å². The number of nitrogens with zero attached hydrogens (tertiary/aromatic N) is 2. The SMILES string of the molecule is C[C@@H](N)C(=O)N1CCCN(c2ccccc2)CC1.Cl.Cl. The Morgan fingerprint density at radius 3 is 2.35 bits per heavy atom. The van der Waals surface area contributed by atoms with Gasteiger partial charge >= 0.3 is 0 Å². The molecule has 0 aromatic heterocycles. The fraction of sp³-hybridized carbons (Fsp3) is 0.500. The van der Waals surface area contributed by atoms with Crippen molar-refractivity contribution in [2.75, 3.05) is 31.1 Å². The Kier molecular flexibility index (Phi) is 8.62. The van der Waals surface area contributed by atoms with Crippen LogP contribution in [0.15, 0.2) is 30.3 Å². The summed E-state index contributed by atoms with van der Waals surface area (Å²) in [6, 6.07) is 9.95. The normalized spacial score (nSPS) is 16.5. The lowest BCUT2D eigenvalue weighted by molar-refractivity contribution is -0.131. The minimum Gasteiger partial charge on any atom is -0.370 e. The van der Waals surface area contributed by atoms with Crippen molar-refractivity contribution < 1.29 is 4.79 Å². The van der Waals surface area contributed by atoms with Gasteiger partial charge in [-0.25, -0.2) is 0 Å². The maximum atomic E-state index is 11.9. The molecule has 0 saturated carbocycles. The first-order valence-electron chi connectivity index (χ1n) is 6.53. The van der Waals surface area contributed by atoms with Crippen molar-refractivity contribution in [1.82, 2.24) is 4.90 Å². The summed E-state index contributed by atoms with van der Waals surface area (Å²) in [5, 5.41) is 0. The van der Waals surface area contributed by atoms with Gasteiger partial charge in [0.1, 0.15) is 0 Å². The highest BCUT2D eigenvalue weighted by molar-refractivity contribution is 5.85. The molecule has 1 aliphatic heterocycles. The Balaban J connectivity index is 0.00000180. The smallest absolute Gasteiger partial charge is 0.239 e. The number of benzene rings is 1. The summed E-state index contributed by atoms with van der Waals surface area (Å²) < 4.78 is 0. The van der Waals surface area contributed by atoms with Crippen LogP contribution in [0, 0.1) is 0 Å². The highest BCUT2D eigenvalue weighted by Crippen LogP contribution is 2.15. The molecule has 0 radical (unpaired) electrons. The average Bonchev–Trinajstić information content (AvgIpc) is 2.64. The minimum atomic E-state index is -0.395. The number of amides is 1. The maximum Gasteiger partial charge on any atom is 0.239 e. The first kappa shape index (κ1) is 19.0. The Bertz CT molecular complexity index is 401. The van der Waals surface area contributed by atoms with E-state index in [2.05, 4.69) is 17.0 Å². The van der Waals surface area contributed by atoms with Crippen molar-refractivity contribution in [2.24, 2.45) is 5.73 Å². The fourth-order valence-corrected chi connectivity index (χ4v) is 2.32. The molecule has 4 nitrogen and oxygen atoms in total. The van der Waals surface area contributed by atoms with Crippen LogP contribution >= 0.6 is 24.8 Å². The summed E-state index contributed by atoms with van der Waals surface area (Å²) in [4.78, 5) is 16.1. The van der Waals surface area contributed by atoms with Crippen LogP contribution < -0.4 is 10.6 Å². The van der Waals surface area contributed by atoms with Crippen molar-refractivity contribution in [1.29, 1.82) is 0 Å². The first-order valence-corrected chi connectivity index (χ1v) is 6.53. The zero-order valence-corrected chi connectivity index (χ0v) is 13.3. The van der Waals surface area contributed by atoms with Gasteiger partial charge in [-0.15, -0.1) is 24.8 Å². The molecule has 1 saturated heterocycles. The molecule has 1 atom stereocenters. The van der Waals surface area contributed by atoms with E-state index in [0.717, 1.165) is 32.6 Å². The Morgan fingerprint density at radius 1 is 1.10 bits per heavy atom. The molecule has 2 rings (SSSR count). The Hall–Kier alpha value is -0.970. The number of nitrogens with two attached hydrogens (primary N) is 1. The third-order valence-electron chi connectivity index (χ3n) is 3.32. The summed E-state index contributed by atoms with van der Waals surface area (Å²) in [6.45, 7) is 5.19. The van der Waals surface area contributed by atoms with Gasteiger partial charge in [0.2, 0.25) is 5.91 Å². The monoisotopic (exact) mass is 319 g/mol. The molecule has 1 aromatic carbocycles. The molecule has 20 heavy (non-hydrogen) atoms. The third kappa shape index (κ3) is 4.85. The summed E-state index contributed by atoms with van der Waals surface area (Å²) >= 11 is 0. The average molecular weight is 320 g/mol. The highest BCUT2D eigenvalue weighted by atomic mass is 35.5. The largest absolute Gasteiger partial charge is 0.370 e. The van der Waals surface area contributed by atoms with Crippen molar-refractivity contribution in [3.05, 3.63) is 30.3 Å². The minimum absolute atomic E-state index is 0. The number of carbonyl (C=O) groups is 1. The van der Waals surface area contributed by atoms with E-state index in [1.54, 1.807) is 6.92 Å². The number of carbonyl (C=O) groups excluding carboxylic acids is 1. The van der Waals surface area contributed by atoms with Gasteiger partial charge in [0.15, 0.2) is 0 Å². The van der Waals surface area contributed by atoms with Gasteiger partial charge in [-0.2, -0.15) is 0 Å². The molecule has 1 aromatic rings. The summed E-state index contributed by atoms with van der Waals surface area (Å²) in [7, 11) is 0. The van der Waals surface area contributed by atoms with E-state index in [1.165, 1.54) is 5.69 Å². The number of halogens is 2. The van der Waals surface area contributed by atoms with E-state index >= 15 is 0 Å². The molecule has 1 aliphatic rings. The third-order valence-corrected chi connectivity index (χ3v) is 3.32. The van der Waals surface area contributed by atoms with Crippen LogP contribution in [-0.4, -0.2) is 43.0 Å². The predicted octanol–water partition coefficient (Wildman–Crippen LogP) is 1.92. The van der Waals surface area contributed by atoms with E-state index in [4.69, 9.17) is 5.73 Å². The fourth-order valence-electron chi connectivity index (χ4n) is 2.32. The second-order valence-corrected chi connectivity index (χ2v) is 4.79. The first-order chi connectivity index (χ1) is 8.68. The lowest BCUT2D eigenvalue weighted by Crippen LogP contribution is -2.43. The number of hydrogen-bond donors (Lipinski definition) is 1. The zero-order chi connectivity index (χ0) is 13.0. The molecule has 0 unspecified atom stereocenters. The molecule has 1 fully saturated rings. The van der Waals surface area contributed by atoms with Crippen molar-refractivity contribution in [2.45, 2.75) is 19.4 Å². The quantitative estimate of drug-likeness (QED) is 0.906. The lowest BCUT2D eigenvalue weighted by Gasteiger charge is -2.24. The van der Waals surface area contributed by atoms with Crippen LogP contribution in [0.3, 0.4) is 0 Å². The molecule has 114 valence electrons. The molecule has 1 heterocycles. The summed E-state index contributed by atoms with van der Waals surface area (Å²) in [5.41, 5.74) is 6.89. The van der Waals surface area contributed by atoms with Crippen LogP contribution in [0.4, 0.5) is 5.69 Å². The van der Waals surface area contributed by atoms with Gasteiger partial charge in [-0.05, 0) is 25.5 Å². The molecule has 0 bridgehead atoms. The van der Waals surface area contributed by atoms with Crippen LogP contribution in [0.2, 0.25) is 0 Å². The number of para-hydroxylation sites is 1. The predicted molar refractivity (Wildman–Crippen MR) is 88.0 cm³/mol. The number of rotatable bonds is 2. The van der Waals surface area contributed by atoms with Gasteiger partial charge in [0, 0.05) is 31.9 Å². The van der Waals surface area contributed by atoms with E-state index in [0.29, 0.717) is 0 Å². The molecule has 1 amide bonds. The number of hydrogen-bond acceptors (Lipinski definition) is 3. The Labute approximate surface area is 133 Å². The van der Waals surface area contributed by atoms with Gasteiger partial charge in [0.25, 0.3) is 0 Å². The van der Waals surface area contributed by atoms with Crippen molar-refractivity contribution in [3.63, 3.8) is 0 Å². The van der Waals surface area contributed by atoms with Crippen LogP contribution in [-0.2, 0) is 4.79 Å². The second-order valence-electron chi connectivity index (χ2n) is 4.79. The molecule has 6 heteroatoms. The van der Waals surface area contributed by atoms with E-state index in [-0.39, 0.29) is 30.7 Å². The lowest BCUT2D eigenvalue weighted by atomic mass is 10.3. The van der Waals surface area contributed by atoms with Crippen molar-refractivity contribution in [3.8, 4) is 0 Å². The van der Waals surface area contributed by atoms with Crippen molar-refractivity contribution >= 4 is 36.4 Å². The van der Waals surface area contributed by atoms with E-state index in [9.17, 15) is 4.79 Å². The molecular formula is C14H23Cl2N3O. The van der Waals surface area contributed by atoms with E-state index in [1.807, 2.05) is 23.1 Å². The van der Waals surface area contributed by atoms with Crippen LogP contribution in [0.5, 0.6) is 0 Å². The van der Waals surface area contributed by atoms with Gasteiger partial charge < -0.3 is 15.5 Å². The standard InChI is InChI=1S/C14H21N3O.2ClH/c1-12(15)14(18)17-9-5-8-16(10-11-17)13-6-3-2-4-7-13;;/h2-4,6-7,12H,5,8-11,15H2,1H3;2*1H/t12-;;/m1../s1. The maximum absolute atomic E-state index is 11.9. The molecule has 0 aliphatic carbocycles. The molecule has 2 N–H and O–H groups in total. The topological polar surface area (TPSA) is 49.6 Å². The Morgan fingerprint density at radius 2 is 1.75 bits per heavy atom. The van der Waals surface area contributed by atoms with Gasteiger partial charge in [-0.1, -0.05) is 18.2 Å². The highest BCUT2D eigenvalue weighted by Gasteiger charge is 2.21. The summed E-state index contributed by atoms with van der Waals surface area (Å²) in [5.74, 6) is 0.0601. The summed E-state index contributed by atoms with van der Waals surface area (Å²) in [6.07, 6.45) is 0.993. The molecular weight excluding hydrogens is 297 g/mol.